The minimum absolute atomic E-state index is 0.153. The maximum atomic E-state index is 10.8. The van der Waals surface area contributed by atoms with E-state index in [1.54, 1.807) is 0 Å². The summed E-state index contributed by atoms with van der Waals surface area (Å²) in [7, 11) is 0. The van der Waals surface area contributed by atoms with Crippen LogP contribution in [0.5, 0.6) is 0 Å². The highest BCUT2D eigenvalue weighted by molar-refractivity contribution is 5.92. The second-order valence-electron chi connectivity index (χ2n) is 3.37. The van der Waals surface area contributed by atoms with Crippen molar-refractivity contribution in [2.45, 2.75) is 13.8 Å². The van der Waals surface area contributed by atoms with Crippen LogP contribution in [-0.2, 0) is 0 Å². The molecular formula is C9H13N3O2. The first-order valence-corrected chi connectivity index (χ1v) is 4.40. The molecule has 5 nitrogen and oxygen atoms in total. The van der Waals surface area contributed by atoms with Crippen LogP contribution in [0.15, 0.2) is 12.3 Å². The van der Waals surface area contributed by atoms with Crippen molar-refractivity contribution in [2.75, 3.05) is 11.9 Å². The molecule has 0 aliphatic carbocycles. The van der Waals surface area contributed by atoms with Gasteiger partial charge in [-0.3, -0.25) is 0 Å². The Bertz CT molecular complexity index is 326. The number of hydrogen-bond donors (Lipinski definition) is 2. The molecule has 0 fully saturated rings. The largest absolute Gasteiger partial charge is 0.478 e. The Morgan fingerprint density at radius 2 is 2.36 bits per heavy atom. The number of nitrogens with one attached hydrogen (secondary N) is 1. The molecule has 0 atom stereocenters. The highest BCUT2D eigenvalue weighted by Gasteiger charge is 2.10. The van der Waals surface area contributed by atoms with E-state index in [1.807, 2.05) is 13.8 Å². The molecule has 1 rings (SSSR count). The van der Waals surface area contributed by atoms with Crippen LogP contribution in [0.1, 0.15) is 24.2 Å². The molecule has 0 radical (unpaired) electrons. The number of aromatic nitrogens is 2. The molecule has 14 heavy (non-hydrogen) atoms. The average Bonchev–Trinajstić information content (AvgIpc) is 2.15. The quantitative estimate of drug-likeness (QED) is 0.756. The van der Waals surface area contributed by atoms with Gasteiger partial charge < -0.3 is 10.4 Å². The molecule has 1 aromatic heterocycles. The molecule has 0 bridgehead atoms. The van der Waals surface area contributed by atoms with E-state index in [0.717, 1.165) is 0 Å². The zero-order chi connectivity index (χ0) is 10.6. The van der Waals surface area contributed by atoms with E-state index in [4.69, 9.17) is 5.11 Å². The predicted molar refractivity (Wildman–Crippen MR) is 52.3 cm³/mol. The van der Waals surface area contributed by atoms with Gasteiger partial charge in [-0.1, -0.05) is 13.8 Å². The lowest BCUT2D eigenvalue weighted by molar-refractivity contribution is 0.0697. The van der Waals surface area contributed by atoms with Gasteiger partial charge in [0, 0.05) is 6.54 Å². The second kappa shape index (κ2) is 4.55. The van der Waals surface area contributed by atoms with Crippen LogP contribution in [0.2, 0.25) is 0 Å². The highest BCUT2D eigenvalue weighted by Crippen LogP contribution is 2.10. The lowest BCUT2D eigenvalue weighted by Crippen LogP contribution is -2.13. The zero-order valence-electron chi connectivity index (χ0n) is 8.19. The van der Waals surface area contributed by atoms with E-state index in [1.165, 1.54) is 12.3 Å². The number of rotatable bonds is 4. The molecule has 0 aliphatic rings. The van der Waals surface area contributed by atoms with Gasteiger partial charge in [0.05, 0.1) is 6.20 Å². The van der Waals surface area contributed by atoms with Crippen LogP contribution in [0.3, 0.4) is 0 Å². The van der Waals surface area contributed by atoms with E-state index >= 15 is 0 Å². The first kappa shape index (κ1) is 10.4. The monoisotopic (exact) mass is 195 g/mol. The smallest absolute Gasteiger partial charge is 0.339 e. The van der Waals surface area contributed by atoms with Gasteiger partial charge >= 0.3 is 5.97 Å². The third-order valence-electron chi connectivity index (χ3n) is 1.63. The van der Waals surface area contributed by atoms with Crippen molar-refractivity contribution in [1.82, 2.24) is 10.2 Å². The maximum absolute atomic E-state index is 10.8. The molecule has 2 N–H and O–H groups in total. The number of carboxylic acid groups (broad SMARTS) is 1. The van der Waals surface area contributed by atoms with E-state index in [-0.39, 0.29) is 5.56 Å². The minimum Gasteiger partial charge on any atom is -0.478 e. The van der Waals surface area contributed by atoms with Gasteiger partial charge in [-0.25, -0.2) is 4.79 Å². The number of anilines is 1. The third-order valence-corrected chi connectivity index (χ3v) is 1.63. The fourth-order valence-electron chi connectivity index (χ4n) is 0.936. The summed E-state index contributed by atoms with van der Waals surface area (Å²) in [5.74, 6) is -0.237. The summed E-state index contributed by atoms with van der Waals surface area (Å²) in [6, 6.07) is 1.43. The van der Waals surface area contributed by atoms with Crippen LogP contribution < -0.4 is 5.32 Å². The van der Waals surface area contributed by atoms with Crippen molar-refractivity contribution < 1.29 is 9.90 Å². The topological polar surface area (TPSA) is 75.1 Å². The summed E-state index contributed by atoms with van der Waals surface area (Å²) in [5.41, 5.74) is 0.153. The van der Waals surface area contributed by atoms with Gasteiger partial charge in [0.25, 0.3) is 0 Å². The van der Waals surface area contributed by atoms with Gasteiger partial charge in [0.2, 0.25) is 0 Å². The number of carboxylic acids is 1. The zero-order valence-corrected chi connectivity index (χ0v) is 8.19. The first-order valence-electron chi connectivity index (χ1n) is 4.40. The van der Waals surface area contributed by atoms with Gasteiger partial charge in [-0.15, -0.1) is 5.10 Å². The van der Waals surface area contributed by atoms with Crippen LogP contribution >= 0.6 is 0 Å². The van der Waals surface area contributed by atoms with E-state index in [0.29, 0.717) is 18.3 Å². The molecule has 1 aromatic rings. The standard InChI is InChI=1S/C9H13N3O2/c1-6(2)5-10-8-7(9(13)14)3-4-11-12-8/h3-4,6H,5H2,1-2H3,(H,10,12)(H,13,14). The van der Waals surface area contributed by atoms with Crippen LogP contribution in [0, 0.1) is 5.92 Å². The number of nitrogens with zero attached hydrogens (tertiary/aromatic N) is 2. The number of carbonyl (C=O) groups is 1. The van der Waals surface area contributed by atoms with Crippen molar-refractivity contribution in [3.63, 3.8) is 0 Å². The molecule has 0 aliphatic heterocycles. The van der Waals surface area contributed by atoms with Crippen LogP contribution in [0.25, 0.3) is 0 Å². The van der Waals surface area contributed by atoms with Gasteiger partial charge in [0.1, 0.15) is 5.56 Å². The summed E-state index contributed by atoms with van der Waals surface area (Å²) in [6.45, 7) is 4.74. The third kappa shape index (κ3) is 2.69. The summed E-state index contributed by atoms with van der Waals surface area (Å²) >= 11 is 0. The Balaban J connectivity index is 2.79. The van der Waals surface area contributed by atoms with E-state index < -0.39 is 5.97 Å². The maximum Gasteiger partial charge on any atom is 0.339 e. The minimum atomic E-state index is -0.994. The molecule has 0 amide bonds. The molecule has 0 spiro atoms. The lowest BCUT2D eigenvalue weighted by Gasteiger charge is -2.08. The first-order chi connectivity index (χ1) is 6.61. The van der Waals surface area contributed by atoms with E-state index in [9.17, 15) is 4.79 Å². The summed E-state index contributed by atoms with van der Waals surface area (Å²) in [6.07, 6.45) is 1.37. The van der Waals surface area contributed by atoms with Crippen molar-refractivity contribution in [3.8, 4) is 0 Å². The number of hydrogen-bond acceptors (Lipinski definition) is 4. The Morgan fingerprint density at radius 3 is 2.93 bits per heavy atom. The van der Waals surface area contributed by atoms with Gasteiger partial charge in [-0.2, -0.15) is 5.10 Å². The van der Waals surface area contributed by atoms with Crippen molar-refractivity contribution >= 4 is 11.8 Å². The molecule has 76 valence electrons. The fourth-order valence-corrected chi connectivity index (χ4v) is 0.936. The molecular weight excluding hydrogens is 182 g/mol. The van der Waals surface area contributed by atoms with Crippen LogP contribution in [-0.4, -0.2) is 27.8 Å². The Labute approximate surface area is 82.2 Å². The van der Waals surface area contributed by atoms with Crippen molar-refractivity contribution in [3.05, 3.63) is 17.8 Å². The molecule has 5 heteroatoms. The fraction of sp³-hybridized carbons (Fsp3) is 0.444. The Kier molecular flexibility index (Phi) is 3.39. The van der Waals surface area contributed by atoms with Crippen molar-refractivity contribution in [2.24, 2.45) is 5.92 Å². The lowest BCUT2D eigenvalue weighted by atomic mass is 10.2. The second-order valence-corrected chi connectivity index (χ2v) is 3.37. The summed E-state index contributed by atoms with van der Waals surface area (Å²) < 4.78 is 0. The summed E-state index contributed by atoms with van der Waals surface area (Å²) in [5, 5.41) is 19.1. The average molecular weight is 195 g/mol. The molecule has 0 aromatic carbocycles. The number of aromatic carboxylic acids is 1. The van der Waals surface area contributed by atoms with Gasteiger partial charge in [-0.05, 0) is 12.0 Å². The predicted octanol–water partition coefficient (Wildman–Crippen LogP) is 1.24. The normalized spacial score (nSPS) is 10.2. The molecule has 0 saturated heterocycles. The Hall–Kier alpha value is -1.65. The van der Waals surface area contributed by atoms with Gasteiger partial charge in [0.15, 0.2) is 5.82 Å². The van der Waals surface area contributed by atoms with Crippen molar-refractivity contribution in [1.29, 1.82) is 0 Å². The SMILES string of the molecule is CC(C)CNc1nnccc1C(=O)O. The molecule has 1 heterocycles. The molecule has 0 saturated carbocycles. The van der Waals surface area contributed by atoms with E-state index in [2.05, 4.69) is 15.5 Å². The highest BCUT2D eigenvalue weighted by atomic mass is 16.4. The van der Waals surface area contributed by atoms with Crippen LogP contribution in [0.4, 0.5) is 5.82 Å². The Morgan fingerprint density at radius 1 is 1.64 bits per heavy atom. The molecule has 0 unspecified atom stereocenters. The summed E-state index contributed by atoms with van der Waals surface area (Å²) in [4.78, 5) is 10.8.